The number of halogens is 1. The molecule has 0 bridgehead atoms. The third-order valence-corrected chi connectivity index (χ3v) is 4.45. The summed E-state index contributed by atoms with van der Waals surface area (Å²) in [7, 11) is 2.07. The molecule has 0 amide bonds. The van der Waals surface area contributed by atoms with Crippen molar-refractivity contribution >= 4 is 27.6 Å². The normalized spacial score (nSPS) is 23.1. The van der Waals surface area contributed by atoms with Gasteiger partial charge in [-0.25, -0.2) is 4.79 Å². The van der Waals surface area contributed by atoms with Crippen molar-refractivity contribution in [3.63, 3.8) is 0 Å². The van der Waals surface area contributed by atoms with E-state index in [0.29, 0.717) is 11.6 Å². The maximum atomic E-state index is 11.1. The SMILES string of the molecule is CC1CCCC(N(C)c2cc(Br)cc(C(=O)O)c2)C1. The number of benzene rings is 1. The van der Waals surface area contributed by atoms with E-state index in [0.717, 1.165) is 16.1 Å². The molecule has 1 aliphatic rings. The molecular weight excluding hydrogens is 306 g/mol. The number of aromatic carboxylic acids is 1. The van der Waals surface area contributed by atoms with Crippen molar-refractivity contribution in [2.24, 2.45) is 5.92 Å². The van der Waals surface area contributed by atoms with Crippen LogP contribution in [0.5, 0.6) is 0 Å². The van der Waals surface area contributed by atoms with Gasteiger partial charge in [-0.15, -0.1) is 0 Å². The van der Waals surface area contributed by atoms with Crippen molar-refractivity contribution < 1.29 is 9.90 Å². The lowest BCUT2D eigenvalue weighted by molar-refractivity contribution is 0.0697. The van der Waals surface area contributed by atoms with E-state index < -0.39 is 5.97 Å². The summed E-state index contributed by atoms with van der Waals surface area (Å²) >= 11 is 3.40. The van der Waals surface area contributed by atoms with Crippen molar-refractivity contribution in [1.82, 2.24) is 0 Å². The summed E-state index contributed by atoms with van der Waals surface area (Å²) in [4.78, 5) is 13.3. The minimum atomic E-state index is -0.882. The van der Waals surface area contributed by atoms with Crippen LogP contribution in [-0.2, 0) is 0 Å². The summed E-state index contributed by atoms with van der Waals surface area (Å²) in [5.41, 5.74) is 1.31. The molecule has 0 aromatic heterocycles. The molecule has 4 heteroatoms. The van der Waals surface area contributed by atoms with Crippen LogP contribution in [0.1, 0.15) is 43.0 Å². The summed E-state index contributed by atoms with van der Waals surface area (Å²) in [6, 6.07) is 5.90. The molecule has 19 heavy (non-hydrogen) atoms. The fourth-order valence-electron chi connectivity index (χ4n) is 2.87. The first-order chi connectivity index (χ1) is 8.97. The summed E-state index contributed by atoms with van der Waals surface area (Å²) < 4.78 is 0.818. The van der Waals surface area contributed by atoms with Gasteiger partial charge in [-0.2, -0.15) is 0 Å². The number of carboxylic acid groups (broad SMARTS) is 1. The number of carbonyl (C=O) groups is 1. The standard InChI is InChI=1S/C15H20BrNO2/c1-10-4-3-5-13(6-10)17(2)14-8-11(15(18)19)7-12(16)9-14/h7-10,13H,3-6H2,1-2H3,(H,18,19). The predicted octanol–water partition coefficient (Wildman–Crippen LogP) is 4.16. The van der Waals surface area contributed by atoms with Crippen molar-refractivity contribution in [2.45, 2.75) is 38.6 Å². The second-order valence-electron chi connectivity index (χ2n) is 5.54. The molecule has 1 saturated carbocycles. The second kappa shape index (κ2) is 5.95. The van der Waals surface area contributed by atoms with Gasteiger partial charge < -0.3 is 10.0 Å². The molecule has 1 N–H and O–H groups in total. The third kappa shape index (κ3) is 3.50. The molecule has 2 rings (SSSR count). The van der Waals surface area contributed by atoms with E-state index in [4.69, 9.17) is 5.11 Å². The molecule has 1 fully saturated rings. The van der Waals surface area contributed by atoms with Crippen molar-refractivity contribution in [3.8, 4) is 0 Å². The molecule has 1 aromatic rings. The number of carboxylic acids is 1. The zero-order chi connectivity index (χ0) is 14.0. The number of anilines is 1. The molecule has 2 unspecified atom stereocenters. The van der Waals surface area contributed by atoms with Crippen LogP contribution in [0, 0.1) is 5.92 Å². The van der Waals surface area contributed by atoms with Crippen LogP contribution in [0.25, 0.3) is 0 Å². The largest absolute Gasteiger partial charge is 0.478 e. The van der Waals surface area contributed by atoms with Crippen LogP contribution < -0.4 is 4.90 Å². The Hall–Kier alpha value is -1.03. The van der Waals surface area contributed by atoms with Gasteiger partial charge in [-0.3, -0.25) is 0 Å². The first-order valence-corrected chi connectivity index (χ1v) is 7.53. The van der Waals surface area contributed by atoms with E-state index in [1.807, 2.05) is 6.07 Å². The highest BCUT2D eigenvalue weighted by molar-refractivity contribution is 9.10. The molecule has 0 aliphatic heterocycles. The quantitative estimate of drug-likeness (QED) is 0.907. The van der Waals surface area contributed by atoms with Crippen molar-refractivity contribution in [2.75, 3.05) is 11.9 Å². The summed E-state index contributed by atoms with van der Waals surface area (Å²) in [6.45, 7) is 2.30. The number of hydrogen-bond donors (Lipinski definition) is 1. The average molecular weight is 326 g/mol. The molecular formula is C15H20BrNO2. The van der Waals surface area contributed by atoms with Crippen molar-refractivity contribution in [3.05, 3.63) is 28.2 Å². The molecule has 0 radical (unpaired) electrons. The molecule has 3 nitrogen and oxygen atoms in total. The van der Waals surface area contributed by atoms with Gasteiger partial charge in [0.25, 0.3) is 0 Å². The van der Waals surface area contributed by atoms with Gasteiger partial charge in [0.15, 0.2) is 0 Å². The highest BCUT2D eigenvalue weighted by Crippen LogP contribution is 2.31. The maximum Gasteiger partial charge on any atom is 0.335 e. The summed E-state index contributed by atoms with van der Waals surface area (Å²) in [5, 5.41) is 9.13. The van der Waals surface area contributed by atoms with Gasteiger partial charge in [0.1, 0.15) is 0 Å². The van der Waals surface area contributed by atoms with E-state index in [1.165, 1.54) is 25.7 Å². The van der Waals surface area contributed by atoms with E-state index >= 15 is 0 Å². The van der Waals surface area contributed by atoms with Gasteiger partial charge in [0.2, 0.25) is 0 Å². The zero-order valence-electron chi connectivity index (χ0n) is 11.4. The zero-order valence-corrected chi connectivity index (χ0v) is 13.0. The fraction of sp³-hybridized carbons (Fsp3) is 0.533. The first-order valence-electron chi connectivity index (χ1n) is 6.74. The Bertz CT molecular complexity index is 475. The molecule has 0 heterocycles. The van der Waals surface area contributed by atoms with Crippen LogP contribution >= 0.6 is 15.9 Å². The molecule has 104 valence electrons. The minimum absolute atomic E-state index is 0.333. The number of rotatable bonds is 3. The van der Waals surface area contributed by atoms with Crippen molar-refractivity contribution in [1.29, 1.82) is 0 Å². The van der Waals surface area contributed by atoms with Gasteiger partial charge in [-0.1, -0.05) is 35.7 Å². The lowest BCUT2D eigenvalue weighted by atomic mass is 9.86. The minimum Gasteiger partial charge on any atom is -0.478 e. The van der Waals surface area contributed by atoms with E-state index in [2.05, 4.69) is 34.8 Å². The summed E-state index contributed by atoms with van der Waals surface area (Å²) in [6.07, 6.45) is 4.94. The third-order valence-electron chi connectivity index (χ3n) is 3.99. The lowest BCUT2D eigenvalue weighted by Crippen LogP contribution is -2.35. The fourth-order valence-corrected chi connectivity index (χ4v) is 3.35. The van der Waals surface area contributed by atoms with Crippen LogP contribution in [0.2, 0.25) is 0 Å². The van der Waals surface area contributed by atoms with Crippen LogP contribution in [-0.4, -0.2) is 24.2 Å². The number of nitrogens with zero attached hydrogens (tertiary/aromatic N) is 1. The Morgan fingerprint density at radius 3 is 2.74 bits per heavy atom. The Kier molecular flexibility index (Phi) is 4.50. The topological polar surface area (TPSA) is 40.5 Å². The van der Waals surface area contributed by atoms with Gasteiger partial charge in [-0.05, 0) is 37.0 Å². The Morgan fingerprint density at radius 1 is 1.37 bits per heavy atom. The Balaban J connectivity index is 2.22. The van der Waals surface area contributed by atoms with Gasteiger partial charge >= 0.3 is 5.97 Å². The highest BCUT2D eigenvalue weighted by Gasteiger charge is 2.23. The van der Waals surface area contributed by atoms with Crippen LogP contribution in [0.15, 0.2) is 22.7 Å². The van der Waals surface area contributed by atoms with Crippen LogP contribution in [0.3, 0.4) is 0 Å². The second-order valence-corrected chi connectivity index (χ2v) is 6.46. The Morgan fingerprint density at radius 2 is 2.11 bits per heavy atom. The number of hydrogen-bond acceptors (Lipinski definition) is 2. The lowest BCUT2D eigenvalue weighted by Gasteiger charge is -2.35. The van der Waals surface area contributed by atoms with E-state index in [9.17, 15) is 4.79 Å². The Labute approximate surface area is 122 Å². The van der Waals surface area contributed by atoms with E-state index in [1.54, 1.807) is 12.1 Å². The highest BCUT2D eigenvalue weighted by atomic mass is 79.9. The molecule has 2 atom stereocenters. The van der Waals surface area contributed by atoms with Gasteiger partial charge in [0.05, 0.1) is 5.56 Å². The predicted molar refractivity (Wildman–Crippen MR) is 80.9 cm³/mol. The molecule has 0 spiro atoms. The molecule has 0 saturated heterocycles. The first kappa shape index (κ1) is 14.4. The average Bonchev–Trinajstić information content (AvgIpc) is 2.37. The van der Waals surface area contributed by atoms with E-state index in [-0.39, 0.29) is 0 Å². The monoisotopic (exact) mass is 325 g/mol. The molecule has 1 aromatic carbocycles. The maximum absolute atomic E-state index is 11.1. The van der Waals surface area contributed by atoms with Gasteiger partial charge in [0, 0.05) is 23.2 Å². The summed E-state index contributed by atoms with van der Waals surface area (Å²) in [5.74, 6) is -0.125. The smallest absolute Gasteiger partial charge is 0.335 e. The molecule has 1 aliphatic carbocycles. The van der Waals surface area contributed by atoms with Crippen LogP contribution in [0.4, 0.5) is 5.69 Å².